The van der Waals surface area contributed by atoms with E-state index in [0.717, 1.165) is 0 Å². The van der Waals surface area contributed by atoms with Crippen molar-refractivity contribution in [3.05, 3.63) is 409 Å². The highest BCUT2D eigenvalue weighted by Crippen LogP contribution is 2.34. The maximum atomic E-state index is 2.30. The van der Waals surface area contributed by atoms with Gasteiger partial charge in [0.25, 0.3) is 0 Å². The van der Waals surface area contributed by atoms with Gasteiger partial charge in [-0.2, -0.15) is 0 Å². The molecule has 0 aliphatic carbocycles. The average molecular weight is 1550 g/mol. The second-order valence-corrected chi connectivity index (χ2v) is 34.8. The lowest BCUT2D eigenvalue weighted by Crippen LogP contribution is -1.88. The molecule has 0 aromatic heterocycles. The molecule has 0 aliphatic rings. The highest BCUT2D eigenvalue weighted by Gasteiger charge is 2.12. The van der Waals surface area contributed by atoms with Crippen LogP contribution >= 0.6 is 0 Å². The summed E-state index contributed by atoms with van der Waals surface area (Å²) in [6.45, 7) is 69.5. The van der Waals surface area contributed by atoms with Gasteiger partial charge in [-0.25, -0.2) is 0 Å². The number of benzene rings is 16. The summed E-state index contributed by atoms with van der Waals surface area (Å²) < 4.78 is 0. The number of aryl methyl sites for hydroxylation is 32. The summed E-state index contributed by atoms with van der Waals surface area (Å²) in [6, 6.07) is 85.0. The molecule has 16 aromatic carbocycles. The standard InChI is InChI=1S/3C16H18.5C14H16/c2*1-11-5-8-16(14(4)9-11)15-7-6-12(2)13(3)10-15;1-11-5-7-15(13(3)9-11)16-8-6-12(2)10-14(16)4;1-9-5-13-7-11(3)12(4)8-14(13)6-10(9)2;1-9-5-11(3)14-8-10(2)6-12(4)13(14)7-9;1-9-5-7-14-12(4)10(2)6-8-13(14)11(9)3;2*1-9-5-6-13-7-10(2)11(3)8-14(13)12(9)4/h3*5-10H,1-4H3;5*5-8H,1-4H3. The van der Waals surface area contributed by atoms with E-state index < -0.39 is 0 Å². The maximum absolute atomic E-state index is 2.30. The van der Waals surface area contributed by atoms with Gasteiger partial charge >= 0.3 is 0 Å². The zero-order valence-electron chi connectivity index (χ0n) is 77.9. The third kappa shape index (κ3) is 22.8. The molecule has 0 spiro atoms. The summed E-state index contributed by atoms with van der Waals surface area (Å²) in [5, 5.41) is 13.8. The summed E-state index contributed by atoms with van der Waals surface area (Å²) in [7, 11) is 0. The molecule has 0 nitrogen and oxygen atoms in total. The molecule has 0 aliphatic heterocycles. The molecule has 0 saturated carbocycles. The Kier molecular flexibility index (Phi) is 30.6. The van der Waals surface area contributed by atoms with Crippen LogP contribution in [0.25, 0.3) is 87.2 Å². The third-order valence-corrected chi connectivity index (χ3v) is 24.9. The smallest absolute Gasteiger partial charge is 0.0149 e. The van der Waals surface area contributed by atoms with Crippen LogP contribution in [0.1, 0.15) is 178 Å². The van der Waals surface area contributed by atoms with Crippen LogP contribution in [0.15, 0.2) is 231 Å². The molecule has 16 aromatic rings. The fourth-order valence-electron chi connectivity index (χ4n) is 15.9. The van der Waals surface area contributed by atoms with E-state index in [1.165, 1.54) is 265 Å². The lowest BCUT2D eigenvalue weighted by Gasteiger charge is -2.10. The van der Waals surface area contributed by atoms with Crippen molar-refractivity contribution in [2.45, 2.75) is 222 Å². The Labute approximate surface area is 712 Å². The normalized spacial score (nSPS) is 10.7. The van der Waals surface area contributed by atoms with E-state index in [1.54, 1.807) is 0 Å². The predicted octanol–water partition coefficient (Wildman–Crippen LogP) is 34.1. The molecule has 0 bridgehead atoms. The molecule has 16 rings (SSSR count). The first-order chi connectivity index (χ1) is 55.7. The van der Waals surface area contributed by atoms with Gasteiger partial charge in [0.15, 0.2) is 0 Å². The largest absolute Gasteiger partial charge is 0.0587 e. The van der Waals surface area contributed by atoms with Gasteiger partial charge in [-0.15, -0.1) is 0 Å². The zero-order chi connectivity index (χ0) is 86.6. The van der Waals surface area contributed by atoms with Crippen LogP contribution in [0.5, 0.6) is 0 Å². The van der Waals surface area contributed by atoms with Gasteiger partial charge in [-0.05, 0) is 453 Å². The number of hydrogen-bond acceptors (Lipinski definition) is 0. The van der Waals surface area contributed by atoms with Crippen molar-refractivity contribution in [2.24, 2.45) is 0 Å². The van der Waals surface area contributed by atoms with Crippen molar-refractivity contribution in [3.63, 3.8) is 0 Å². The van der Waals surface area contributed by atoms with Gasteiger partial charge in [0.1, 0.15) is 0 Å². The number of fused-ring (bicyclic) bond motifs is 5. The fraction of sp³-hybridized carbons (Fsp3) is 0.271. The Morgan fingerprint density at radius 2 is 0.339 bits per heavy atom. The summed E-state index contributed by atoms with van der Waals surface area (Å²) in [5.74, 6) is 0. The molecule has 0 heterocycles. The molecule has 0 radical (unpaired) electrons. The Morgan fingerprint density at radius 3 is 0.619 bits per heavy atom. The van der Waals surface area contributed by atoms with Crippen molar-refractivity contribution < 1.29 is 0 Å². The topological polar surface area (TPSA) is 0 Å². The molecule has 0 atom stereocenters. The summed E-state index contributed by atoms with van der Waals surface area (Å²) in [5.41, 5.74) is 51.8. The minimum atomic E-state index is 1.32. The summed E-state index contributed by atoms with van der Waals surface area (Å²) in [6.07, 6.45) is 0. The molecule has 0 amide bonds. The molecule has 0 unspecified atom stereocenters. The molecule has 0 heteroatoms. The SMILES string of the molecule is Cc1cc(C)c2cc(C)cc(C)c2c1.Cc1cc2cc(C)c(C)cc2cc1C.Cc1cc2ccc(C)c(C)c2cc1C.Cc1cc2ccc(C)c(C)c2cc1C.Cc1ccc(-c2ccc(C)c(C)c2)c(C)c1.Cc1ccc(-c2ccc(C)c(C)c2)c(C)c1.Cc1ccc(-c2ccc(C)cc2C)c(C)c1.Cc1ccc2c(C)c(C)ccc2c1C. The molecular formula is C118H134. The van der Waals surface area contributed by atoms with Gasteiger partial charge in [0, 0.05) is 0 Å². The molecular weight excluding hydrogens is 1420 g/mol. The minimum absolute atomic E-state index is 1.32. The van der Waals surface area contributed by atoms with Crippen LogP contribution in [-0.2, 0) is 0 Å². The first-order valence-corrected chi connectivity index (χ1v) is 42.5. The van der Waals surface area contributed by atoms with Crippen molar-refractivity contribution in [3.8, 4) is 33.4 Å². The van der Waals surface area contributed by atoms with Crippen molar-refractivity contribution >= 4 is 53.9 Å². The van der Waals surface area contributed by atoms with E-state index in [9.17, 15) is 0 Å². The highest BCUT2D eigenvalue weighted by atomic mass is 14.2. The van der Waals surface area contributed by atoms with E-state index in [1.807, 2.05) is 0 Å². The van der Waals surface area contributed by atoms with E-state index >= 15 is 0 Å². The fourth-order valence-corrected chi connectivity index (χ4v) is 15.9. The van der Waals surface area contributed by atoms with Crippen LogP contribution in [0.2, 0.25) is 0 Å². The number of rotatable bonds is 3. The zero-order valence-corrected chi connectivity index (χ0v) is 77.9. The van der Waals surface area contributed by atoms with E-state index in [2.05, 4.69) is 452 Å². The first-order valence-electron chi connectivity index (χ1n) is 42.5. The third-order valence-electron chi connectivity index (χ3n) is 24.9. The van der Waals surface area contributed by atoms with Crippen molar-refractivity contribution in [1.82, 2.24) is 0 Å². The summed E-state index contributed by atoms with van der Waals surface area (Å²) >= 11 is 0. The van der Waals surface area contributed by atoms with Gasteiger partial charge in [0.05, 0.1) is 0 Å². The molecule has 0 fully saturated rings. The van der Waals surface area contributed by atoms with Crippen LogP contribution in [0.3, 0.4) is 0 Å². The molecule has 0 N–H and O–H groups in total. The second kappa shape index (κ2) is 39.8. The van der Waals surface area contributed by atoms with E-state index in [-0.39, 0.29) is 0 Å². The number of hydrogen-bond donors (Lipinski definition) is 0. The Morgan fingerprint density at radius 1 is 0.110 bits per heavy atom. The lowest BCUT2D eigenvalue weighted by molar-refractivity contribution is 1.33. The van der Waals surface area contributed by atoms with Crippen molar-refractivity contribution in [2.75, 3.05) is 0 Å². The van der Waals surface area contributed by atoms with E-state index in [4.69, 9.17) is 0 Å². The maximum Gasteiger partial charge on any atom is -0.0149 e. The average Bonchev–Trinajstić information content (AvgIpc) is 0.799. The van der Waals surface area contributed by atoms with Gasteiger partial charge < -0.3 is 0 Å². The van der Waals surface area contributed by atoms with Crippen molar-refractivity contribution in [1.29, 1.82) is 0 Å². The molecule has 606 valence electrons. The Balaban J connectivity index is 0.000000154. The second-order valence-electron chi connectivity index (χ2n) is 34.8. The van der Waals surface area contributed by atoms with Crippen LogP contribution < -0.4 is 0 Å². The van der Waals surface area contributed by atoms with Gasteiger partial charge in [-0.3, -0.25) is 0 Å². The predicted molar refractivity (Wildman–Crippen MR) is 527 cm³/mol. The Bertz CT molecular complexity index is 5870. The van der Waals surface area contributed by atoms with Gasteiger partial charge in [-0.1, -0.05) is 264 Å². The van der Waals surface area contributed by atoms with Crippen LogP contribution in [0, 0.1) is 222 Å². The van der Waals surface area contributed by atoms with Crippen LogP contribution in [0.4, 0.5) is 0 Å². The Hall–Kier alpha value is -11.2. The monoisotopic (exact) mass is 1550 g/mol. The van der Waals surface area contributed by atoms with Gasteiger partial charge in [0.2, 0.25) is 0 Å². The van der Waals surface area contributed by atoms with Crippen LogP contribution in [-0.4, -0.2) is 0 Å². The molecule has 118 heavy (non-hydrogen) atoms. The quantitative estimate of drug-likeness (QED) is 0.165. The summed E-state index contributed by atoms with van der Waals surface area (Å²) in [4.78, 5) is 0. The highest BCUT2D eigenvalue weighted by molar-refractivity contribution is 5.92. The van der Waals surface area contributed by atoms with E-state index in [0.29, 0.717) is 0 Å². The lowest BCUT2D eigenvalue weighted by atomic mass is 9.94. The molecule has 0 saturated heterocycles. The minimum Gasteiger partial charge on any atom is -0.0587 e. The first kappa shape index (κ1) is 90.7.